The van der Waals surface area contributed by atoms with Gasteiger partial charge < -0.3 is 20.1 Å². The summed E-state index contributed by atoms with van der Waals surface area (Å²) in [4.78, 5) is 26.9. The van der Waals surface area contributed by atoms with E-state index in [0.29, 0.717) is 48.2 Å². The molecule has 0 aliphatic heterocycles. The molecule has 1 aromatic heterocycles. The lowest BCUT2D eigenvalue weighted by atomic mass is 10.2. The fourth-order valence-corrected chi connectivity index (χ4v) is 4.09. The summed E-state index contributed by atoms with van der Waals surface area (Å²) in [6.07, 6.45) is 0.748. The second-order valence-electron chi connectivity index (χ2n) is 6.94. The van der Waals surface area contributed by atoms with Crippen molar-refractivity contribution in [2.45, 2.75) is 20.3 Å². The van der Waals surface area contributed by atoms with Crippen molar-refractivity contribution in [3.8, 4) is 16.2 Å². The van der Waals surface area contributed by atoms with Gasteiger partial charge in [0.2, 0.25) is 0 Å². The first kappa shape index (κ1) is 23.5. The summed E-state index contributed by atoms with van der Waals surface area (Å²) in [6, 6.07) is 18.7. The molecule has 1 heterocycles. The first-order valence-corrected chi connectivity index (χ1v) is 11.5. The third-order valence-electron chi connectivity index (χ3n) is 4.60. The van der Waals surface area contributed by atoms with Crippen LogP contribution in [0.4, 0.5) is 5.69 Å². The molecule has 0 unspecified atom stereocenters. The highest BCUT2D eigenvalue weighted by Gasteiger charge is 2.19. The monoisotopic (exact) mass is 452 g/mol. The van der Waals surface area contributed by atoms with E-state index in [1.807, 2.05) is 50.2 Å². The van der Waals surface area contributed by atoms with Crippen LogP contribution in [0.3, 0.4) is 0 Å². The van der Waals surface area contributed by atoms with Gasteiger partial charge in [-0.2, -0.15) is 0 Å². The first-order chi connectivity index (χ1) is 15.6. The van der Waals surface area contributed by atoms with E-state index in [-0.39, 0.29) is 11.8 Å². The Morgan fingerprint density at radius 3 is 2.50 bits per heavy atom. The molecule has 0 aliphatic rings. The predicted octanol–water partition coefficient (Wildman–Crippen LogP) is 5.22. The second-order valence-corrected chi connectivity index (χ2v) is 8.00. The Bertz CT molecular complexity index is 1030. The SMILES string of the molecule is CCOCCCNC(=O)c1cccc(NC(=O)c2sc(-c3ccccc3)cc2OCC)c1. The normalized spacial score (nSPS) is 10.6. The van der Waals surface area contributed by atoms with Gasteiger partial charge in [0.15, 0.2) is 0 Å². The first-order valence-electron chi connectivity index (χ1n) is 10.7. The zero-order valence-electron chi connectivity index (χ0n) is 18.4. The van der Waals surface area contributed by atoms with Crippen LogP contribution in [0.5, 0.6) is 5.75 Å². The predicted molar refractivity (Wildman–Crippen MR) is 129 cm³/mol. The second kappa shape index (κ2) is 12.0. The van der Waals surface area contributed by atoms with Crippen molar-refractivity contribution >= 4 is 28.8 Å². The molecule has 0 atom stereocenters. The smallest absolute Gasteiger partial charge is 0.269 e. The Kier molecular flexibility index (Phi) is 8.83. The van der Waals surface area contributed by atoms with Crippen molar-refractivity contribution in [3.63, 3.8) is 0 Å². The van der Waals surface area contributed by atoms with Crippen molar-refractivity contribution < 1.29 is 19.1 Å². The highest BCUT2D eigenvalue weighted by Crippen LogP contribution is 2.36. The average Bonchev–Trinajstić information content (AvgIpc) is 3.24. The van der Waals surface area contributed by atoms with Crippen LogP contribution < -0.4 is 15.4 Å². The Morgan fingerprint density at radius 1 is 0.938 bits per heavy atom. The molecule has 0 saturated carbocycles. The molecule has 2 aromatic carbocycles. The van der Waals surface area contributed by atoms with E-state index >= 15 is 0 Å². The third-order valence-corrected chi connectivity index (χ3v) is 5.76. The van der Waals surface area contributed by atoms with Crippen LogP contribution in [0.15, 0.2) is 60.7 Å². The van der Waals surface area contributed by atoms with Crippen LogP contribution in [0.25, 0.3) is 10.4 Å². The molecule has 168 valence electrons. The molecule has 6 nitrogen and oxygen atoms in total. The van der Waals surface area contributed by atoms with Crippen LogP contribution in [0.1, 0.15) is 40.3 Å². The highest BCUT2D eigenvalue weighted by atomic mass is 32.1. The topological polar surface area (TPSA) is 76.7 Å². The summed E-state index contributed by atoms with van der Waals surface area (Å²) < 4.78 is 11.0. The third kappa shape index (κ3) is 6.42. The lowest BCUT2D eigenvalue weighted by Gasteiger charge is -2.09. The standard InChI is InChI=1S/C25H28N2O4S/c1-3-30-15-9-14-26-24(28)19-12-8-13-20(16-19)27-25(29)23-21(31-4-2)17-22(32-23)18-10-6-5-7-11-18/h5-8,10-13,16-17H,3-4,9,14-15H2,1-2H3,(H,26,28)(H,27,29). The highest BCUT2D eigenvalue weighted by molar-refractivity contribution is 7.17. The van der Waals surface area contributed by atoms with E-state index in [9.17, 15) is 9.59 Å². The molecule has 3 aromatic rings. The Labute approximate surface area is 192 Å². The number of anilines is 1. The number of amides is 2. The number of hydrogen-bond acceptors (Lipinski definition) is 5. The number of rotatable bonds is 11. The molecule has 0 aliphatic carbocycles. The van der Waals surface area contributed by atoms with E-state index in [0.717, 1.165) is 16.9 Å². The molecule has 3 rings (SSSR count). The largest absolute Gasteiger partial charge is 0.492 e. The van der Waals surface area contributed by atoms with Crippen LogP contribution in [-0.4, -0.2) is 38.2 Å². The fourth-order valence-electron chi connectivity index (χ4n) is 3.09. The van der Waals surface area contributed by atoms with Gasteiger partial charge in [0.05, 0.1) is 6.61 Å². The number of nitrogens with one attached hydrogen (secondary N) is 2. The van der Waals surface area contributed by atoms with Crippen molar-refractivity contribution in [2.75, 3.05) is 31.7 Å². The summed E-state index contributed by atoms with van der Waals surface area (Å²) in [7, 11) is 0. The molecule has 0 saturated heterocycles. The van der Waals surface area contributed by atoms with Crippen LogP contribution in [0.2, 0.25) is 0 Å². The summed E-state index contributed by atoms with van der Waals surface area (Å²) in [5, 5.41) is 5.76. The molecule has 0 radical (unpaired) electrons. The Morgan fingerprint density at radius 2 is 1.75 bits per heavy atom. The van der Waals surface area contributed by atoms with Crippen LogP contribution in [-0.2, 0) is 4.74 Å². The maximum Gasteiger partial charge on any atom is 0.269 e. The van der Waals surface area contributed by atoms with Crippen molar-refractivity contribution in [3.05, 3.63) is 71.1 Å². The molecule has 0 spiro atoms. The quantitative estimate of drug-likeness (QED) is 0.391. The number of carbonyl (C=O) groups excluding carboxylic acids is 2. The zero-order valence-corrected chi connectivity index (χ0v) is 19.2. The summed E-state index contributed by atoms with van der Waals surface area (Å²) in [5.41, 5.74) is 2.06. The van der Waals surface area contributed by atoms with Gasteiger partial charge in [0.1, 0.15) is 10.6 Å². The fraction of sp³-hybridized carbons (Fsp3) is 0.280. The van der Waals surface area contributed by atoms with Gasteiger partial charge in [-0.1, -0.05) is 36.4 Å². The maximum absolute atomic E-state index is 13.0. The maximum atomic E-state index is 13.0. The molecule has 7 heteroatoms. The lowest BCUT2D eigenvalue weighted by Crippen LogP contribution is -2.25. The van der Waals surface area contributed by atoms with Gasteiger partial charge in [-0.25, -0.2) is 0 Å². The van der Waals surface area contributed by atoms with Crippen LogP contribution >= 0.6 is 11.3 Å². The van der Waals surface area contributed by atoms with Crippen molar-refractivity contribution in [1.82, 2.24) is 5.32 Å². The number of thiophene rings is 1. The molecular weight excluding hydrogens is 424 g/mol. The van der Waals surface area contributed by atoms with Crippen molar-refractivity contribution in [2.24, 2.45) is 0 Å². The molecule has 2 N–H and O–H groups in total. The van der Waals surface area contributed by atoms with E-state index < -0.39 is 0 Å². The summed E-state index contributed by atoms with van der Waals surface area (Å²) >= 11 is 1.38. The molecular formula is C25H28N2O4S. The van der Waals surface area contributed by atoms with Crippen LogP contribution in [0, 0.1) is 0 Å². The minimum absolute atomic E-state index is 0.185. The summed E-state index contributed by atoms with van der Waals surface area (Å²) in [5.74, 6) is 0.0991. The average molecular weight is 453 g/mol. The Balaban J connectivity index is 1.70. The number of hydrogen-bond donors (Lipinski definition) is 2. The zero-order chi connectivity index (χ0) is 22.8. The van der Waals surface area contributed by atoms with E-state index in [4.69, 9.17) is 9.47 Å². The number of ether oxygens (including phenoxy) is 2. The number of carbonyl (C=O) groups is 2. The Hall–Kier alpha value is -3.16. The van der Waals surface area contributed by atoms with Gasteiger partial charge in [-0.05, 0) is 50.1 Å². The van der Waals surface area contributed by atoms with Gasteiger partial charge >= 0.3 is 0 Å². The van der Waals surface area contributed by atoms with E-state index in [2.05, 4.69) is 10.6 Å². The minimum atomic E-state index is -0.269. The van der Waals surface area contributed by atoms with Gasteiger partial charge in [-0.3, -0.25) is 9.59 Å². The number of benzene rings is 2. The van der Waals surface area contributed by atoms with Gasteiger partial charge in [0, 0.05) is 35.9 Å². The molecule has 0 bridgehead atoms. The van der Waals surface area contributed by atoms with Gasteiger partial charge in [0.25, 0.3) is 11.8 Å². The molecule has 2 amide bonds. The van der Waals surface area contributed by atoms with Gasteiger partial charge in [-0.15, -0.1) is 11.3 Å². The minimum Gasteiger partial charge on any atom is -0.492 e. The lowest BCUT2D eigenvalue weighted by molar-refractivity contribution is 0.0943. The van der Waals surface area contributed by atoms with E-state index in [1.165, 1.54) is 11.3 Å². The molecule has 0 fully saturated rings. The van der Waals surface area contributed by atoms with E-state index in [1.54, 1.807) is 24.3 Å². The summed E-state index contributed by atoms with van der Waals surface area (Å²) in [6.45, 7) is 6.10. The van der Waals surface area contributed by atoms with Crippen molar-refractivity contribution in [1.29, 1.82) is 0 Å². The molecule has 32 heavy (non-hydrogen) atoms.